The molecule has 1 atom stereocenters. The molecule has 5 rings (SSSR count). The minimum absolute atomic E-state index is 0.0343. The van der Waals surface area contributed by atoms with Gasteiger partial charge in [0, 0.05) is 10.9 Å². The maximum Gasteiger partial charge on any atom is 0.344 e. The fourth-order valence-corrected chi connectivity index (χ4v) is 3.97. The van der Waals surface area contributed by atoms with Gasteiger partial charge in [0.05, 0.1) is 5.39 Å². The van der Waals surface area contributed by atoms with E-state index in [-0.39, 0.29) is 11.7 Å². The van der Waals surface area contributed by atoms with Gasteiger partial charge in [-0.15, -0.1) is 0 Å². The predicted molar refractivity (Wildman–Crippen MR) is 103 cm³/mol. The van der Waals surface area contributed by atoms with Crippen molar-refractivity contribution < 1.29 is 9.15 Å². The van der Waals surface area contributed by atoms with E-state index in [4.69, 9.17) is 9.15 Å². The van der Waals surface area contributed by atoms with Gasteiger partial charge in [-0.2, -0.15) is 0 Å². The van der Waals surface area contributed by atoms with Crippen LogP contribution in [-0.4, -0.2) is 0 Å². The minimum atomic E-state index is -0.299. The molecule has 2 heterocycles. The lowest BCUT2D eigenvalue weighted by Crippen LogP contribution is -2.16. The molecule has 0 bridgehead atoms. The van der Waals surface area contributed by atoms with Crippen LogP contribution in [0.15, 0.2) is 69.9 Å². The summed E-state index contributed by atoms with van der Waals surface area (Å²) in [5.74, 6) is 0.857. The molecular weight excluding hydrogens is 324 g/mol. The van der Waals surface area contributed by atoms with Crippen LogP contribution < -0.4 is 10.4 Å². The first kappa shape index (κ1) is 15.2. The summed E-state index contributed by atoms with van der Waals surface area (Å²) >= 11 is 0. The predicted octanol–water partition coefficient (Wildman–Crippen LogP) is 5.32. The number of aryl methyl sites for hydroxylation is 2. The van der Waals surface area contributed by atoms with Crippen LogP contribution in [0.5, 0.6) is 5.75 Å². The minimum Gasteiger partial charge on any atom is -0.485 e. The molecule has 3 heteroatoms. The van der Waals surface area contributed by atoms with Crippen molar-refractivity contribution in [2.45, 2.75) is 25.9 Å². The molecule has 0 amide bonds. The average molecular weight is 342 g/mol. The van der Waals surface area contributed by atoms with Gasteiger partial charge in [0.15, 0.2) is 0 Å². The van der Waals surface area contributed by atoms with Crippen molar-refractivity contribution >= 4 is 21.7 Å². The zero-order valence-electron chi connectivity index (χ0n) is 14.5. The van der Waals surface area contributed by atoms with Gasteiger partial charge in [-0.25, -0.2) is 4.79 Å². The first-order valence-electron chi connectivity index (χ1n) is 8.92. The second kappa shape index (κ2) is 5.73. The second-order valence-corrected chi connectivity index (χ2v) is 6.86. The van der Waals surface area contributed by atoms with E-state index in [2.05, 4.69) is 18.2 Å². The Labute approximate surface area is 150 Å². The van der Waals surface area contributed by atoms with Crippen LogP contribution in [0.1, 0.15) is 29.2 Å². The first-order chi connectivity index (χ1) is 12.7. The third-order valence-corrected chi connectivity index (χ3v) is 5.28. The molecule has 0 spiro atoms. The molecule has 0 saturated heterocycles. The lowest BCUT2D eigenvalue weighted by atomic mass is 9.93. The van der Waals surface area contributed by atoms with Crippen LogP contribution >= 0.6 is 0 Å². The topological polar surface area (TPSA) is 39.4 Å². The van der Waals surface area contributed by atoms with E-state index in [1.807, 2.05) is 49.4 Å². The van der Waals surface area contributed by atoms with Crippen molar-refractivity contribution in [3.05, 3.63) is 87.8 Å². The summed E-state index contributed by atoms with van der Waals surface area (Å²) in [6.07, 6.45) is 1.92. The lowest BCUT2D eigenvalue weighted by molar-refractivity contribution is 0.175. The van der Waals surface area contributed by atoms with Crippen molar-refractivity contribution in [1.82, 2.24) is 0 Å². The number of hydrogen-bond donors (Lipinski definition) is 0. The molecule has 3 aromatic carbocycles. The van der Waals surface area contributed by atoms with Crippen molar-refractivity contribution in [3.8, 4) is 5.75 Å². The van der Waals surface area contributed by atoms with Gasteiger partial charge in [-0.1, -0.05) is 48.5 Å². The Hall–Kier alpha value is -3.07. The Balaban J connectivity index is 1.72. The number of rotatable bonds is 1. The van der Waals surface area contributed by atoms with E-state index < -0.39 is 0 Å². The highest BCUT2D eigenvalue weighted by Gasteiger charge is 2.25. The van der Waals surface area contributed by atoms with Crippen LogP contribution in [0.3, 0.4) is 0 Å². The maximum absolute atomic E-state index is 12.4. The fourth-order valence-electron chi connectivity index (χ4n) is 3.97. The smallest absolute Gasteiger partial charge is 0.344 e. The fraction of sp³-hybridized carbons (Fsp3) is 0.174. The van der Waals surface area contributed by atoms with E-state index in [0.717, 1.165) is 34.9 Å². The molecule has 0 radical (unpaired) electrons. The van der Waals surface area contributed by atoms with Crippen molar-refractivity contribution in [1.29, 1.82) is 0 Å². The van der Waals surface area contributed by atoms with Crippen LogP contribution in [0.4, 0.5) is 0 Å². The molecule has 1 aromatic heterocycles. The Morgan fingerprint density at radius 3 is 2.46 bits per heavy atom. The zero-order chi connectivity index (χ0) is 17.7. The zero-order valence-corrected chi connectivity index (χ0v) is 14.5. The summed E-state index contributed by atoms with van der Waals surface area (Å²) in [5.41, 5.74) is 3.59. The van der Waals surface area contributed by atoms with Crippen LogP contribution in [-0.2, 0) is 6.42 Å². The third-order valence-electron chi connectivity index (χ3n) is 5.28. The standard InChI is InChI=1S/C23H18O3/c1-14-21-16(11-12-20(25-21)15-7-3-2-4-8-15)13-19-17-9-5-6-10-18(17)23(24)26-22(14)19/h2-10,13,20H,11-12H2,1H3/t20-/m0/s1. The second-order valence-electron chi connectivity index (χ2n) is 6.86. The molecule has 3 nitrogen and oxygen atoms in total. The van der Waals surface area contributed by atoms with E-state index in [1.54, 1.807) is 0 Å². The van der Waals surface area contributed by atoms with Crippen molar-refractivity contribution in [2.24, 2.45) is 0 Å². The van der Waals surface area contributed by atoms with Gasteiger partial charge in [-0.3, -0.25) is 0 Å². The maximum atomic E-state index is 12.4. The van der Waals surface area contributed by atoms with E-state index in [1.165, 1.54) is 11.1 Å². The van der Waals surface area contributed by atoms with Gasteiger partial charge >= 0.3 is 5.63 Å². The van der Waals surface area contributed by atoms with Gasteiger partial charge in [0.1, 0.15) is 17.4 Å². The molecule has 0 N–H and O–H groups in total. The summed E-state index contributed by atoms with van der Waals surface area (Å²) in [5, 5.41) is 2.55. The molecular formula is C23H18O3. The Morgan fingerprint density at radius 2 is 1.65 bits per heavy atom. The van der Waals surface area contributed by atoms with Gasteiger partial charge < -0.3 is 9.15 Å². The van der Waals surface area contributed by atoms with Gasteiger partial charge in [0.2, 0.25) is 0 Å². The summed E-state index contributed by atoms with van der Waals surface area (Å²) in [6, 6.07) is 20.0. The van der Waals surface area contributed by atoms with E-state index >= 15 is 0 Å². The summed E-state index contributed by atoms with van der Waals surface area (Å²) in [4.78, 5) is 12.4. The molecule has 128 valence electrons. The van der Waals surface area contributed by atoms with E-state index in [0.29, 0.717) is 11.0 Å². The molecule has 4 aromatic rings. The SMILES string of the molecule is Cc1c2c(cc3c1oc(=O)c1ccccc13)CC[C@@H](c1ccccc1)O2. The Bertz CT molecular complexity index is 1190. The Morgan fingerprint density at radius 1 is 0.923 bits per heavy atom. The largest absolute Gasteiger partial charge is 0.485 e. The van der Waals surface area contributed by atoms with Crippen LogP contribution in [0, 0.1) is 6.92 Å². The first-order valence-corrected chi connectivity index (χ1v) is 8.92. The van der Waals surface area contributed by atoms with Crippen LogP contribution in [0.2, 0.25) is 0 Å². The van der Waals surface area contributed by atoms with Crippen LogP contribution in [0.25, 0.3) is 21.7 Å². The number of benzene rings is 3. The highest BCUT2D eigenvalue weighted by Crippen LogP contribution is 2.41. The van der Waals surface area contributed by atoms with E-state index in [9.17, 15) is 4.79 Å². The van der Waals surface area contributed by atoms with Crippen molar-refractivity contribution in [2.75, 3.05) is 0 Å². The molecule has 0 saturated carbocycles. The summed E-state index contributed by atoms with van der Waals surface area (Å²) in [7, 11) is 0. The normalized spacial score (nSPS) is 16.4. The molecule has 0 unspecified atom stereocenters. The molecule has 1 aliphatic rings. The summed E-state index contributed by atoms with van der Waals surface area (Å²) < 4.78 is 12.0. The Kier molecular flexibility index (Phi) is 3.35. The molecule has 26 heavy (non-hydrogen) atoms. The molecule has 1 aliphatic heterocycles. The monoisotopic (exact) mass is 342 g/mol. The average Bonchev–Trinajstić information content (AvgIpc) is 2.70. The number of hydrogen-bond acceptors (Lipinski definition) is 3. The van der Waals surface area contributed by atoms with Gasteiger partial charge in [-0.05, 0) is 48.4 Å². The molecule has 0 fully saturated rings. The third kappa shape index (κ3) is 2.24. The number of ether oxygens (including phenoxy) is 1. The highest BCUT2D eigenvalue weighted by atomic mass is 16.5. The van der Waals surface area contributed by atoms with Crippen molar-refractivity contribution in [3.63, 3.8) is 0 Å². The lowest BCUT2D eigenvalue weighted by Gasteiger charge is -2.28. The van der Waals surface area contributed by atoms with Gasteiger partial charge in [0.25, 0.3) is 0 Å². The molecule has 0 aliphatic carbocycles. The number of fused-ring (bicyclic) bond motifs is 4. The quantitative estimate of drug-likeness (QED) is 0.347. The highest BCUT2D eigenvalue weighted by molar-refractivity contribution is 6.06. The summed E-state index contributed by atoms with van der Waals surface area (Å²) in [6.45, 7) is 1.98.